The Hall–Kier alpha value is -4.15. The minimum absolute atomic E-state index is 0.0648. The molecule has 2 heterocycles. The summed E-state index contributed by atoms with van der Waals surface area (Å²) >= 11 is 0. The molecule has 2 fully saturated rings. The first kappa shape index (κ1) is 25.0. The number of aromatic nitrogens is 4. The van der Waals surface area contributed by atoms with Crippen LogP contribution in [0.15, 0.2) is 42.7 Å². The van der Waals surface area contributed by atoms with Gasteiger partial charge in [0, 0.05) is 41.5 Å². The second-order valence-corrected chi connectivity index (χ2v) is 9.38. The highest BCUT2D eigenvalue weighted by molar-refractivity contribution is 5.93. The van der Waals surface area contributed by atoms with E-state index in [1.54, 1.807) is 18.2 Å². The van der Waals surface area contributed by atoms with Crippen molar-refractivity contribution >= 4 is 23.7 Å². The van der Waals surface area contributed by atoms with Crippen molar-refractivity contribution in [1.82, 2.24) is 24.9 Å². The van der Waals surface area contributed by atoms with Gasteiger partial charge in [0.25, 0.3) is 0 Å². The van der Waals surface area contributed by atoms with E-state index >= 15 is 0 Å². The van der Waals surface area contributed by atoms with E-state index in [9.17, 15) is 19.5 Å². The number of nitrogens with one attached hydrogen (secondary N) is 2. The standard InChI is InChI=1S/C21H26N4O3.C4H5N3O/c1-12(2)20(27)22-15-8-9-19(26)16(10-15)17-11-18(13-4-3-5-13)25(24-17)21(28)23-14-6-7-14;5-4(8)7-3-1-2-6-7/h8-14,26H,3-7H2,1-2H3,(H,22,27)(H,23,28);1-3H,(H2,5,8). The second-order valence-electron chi connectivity index (χ2n) is 9.38. The quantitative estimate of drug-likeness (QED) is 0.397. The molecule has 0 saturated heterocycles. The molecule has 2 aromatic heterocycles. The molecule has 5 rings (SSSR count). The molecule has 36 heavy (non-hydrogen) atoms. The highest BCUT2D eigenvalue weighted by Crippen LogP contribution is 2.39. The van der Waals surface area contributed by atoms with Gasteiger partial charge < -0.3 is 21.5 Å². The summed E-state index contributed by atoms with van der Waals surface area (Å²) < 4.78 is 2.51. The van der Waals surface area contributed by atoms with Crippen molar-refractivity contribution < 1.29 is 19.5 Å². The lowest BCUT2D eigenvalue weighted by molar-refractivity contribution is -0.118. The normalized spacial score (nSPS) is 15.0. The molecule has 2 saturated carbocycles. The molecule has 0 atom stereocenters. The highest BCUT2D eigenvalue weighted by Gasteiger charge is 2.30. The zero-order valence-electron chi connectivity index (χ0n) is 20.3. The van der Waals surface area contributed by atoms with E-state index in [0.717, 1.165) is 42.5 Å². The van der Waals surface area contributed by atoms with Crippen LogP contribution in [0.3, 0.4) is 0 Å². The largest absolute Gasteiger partial charge is 0.507 e. The van der Waals surface area contributed by atoms with Gasteiger partial charge in [-0.05, 0) is 56.0 Å². The van der Waals surface area contributed by atoms with Crippen molar-refractivity contribution in [2.45, 2.75) is 57.9 Å². The number of hydrogen-bond acceptors (Lipinski definition) is 6. The summed E-state index contributed by atoms with van der Waals surface area (Å²) in [5.41, 5.74) is 7.33. The van der Waals surface area contributed by atoms with Crippen LogP contribution in [0.4, 0.5) is 15.3 Å². The minimum Gasteiger partial charge on any atom is -0.507 e. The Balaban J connectivity index is 0.000000325. The number of anilines is 1. The van der Waals surface area contributed by atoms with Gasteiger partial charge in [-0.3, -0.25) is 4.79 Å². The molecule has 2 aliphatic rings. The van der Waals surface area contributed by atoms with Crippen LogP contribution in [-0.4, -0.2) is 48.7 Å². The molecule has 3 aromatic rings. The molecule has 0 spiro atoms. The van der Waals surface area contributed by atoms with Crippen LogP contribution in [0.2, 0.25) is 0 Å². The molecular weight excluding hydrogens is 462 g/mol. The van der Waals surface area contributed by atoms with E-state index < -0.39 is 6.03 Å². The van der Waals surface area contributed by atoms with Crippen LogP contribution < -0.4 is 16.4 Å². The SMILES string of the molecule is CC(C)C(=O)Nc1ccc(O)c(-c2cc(C3CCC3)n(C(=O)NC3CC3)n2)c1.NC(=O)n1cccn1. The summed E-state index contributed by atoms with van der Waals surface area (Å²) in [5.74, 6) is 0.140. The van der Waals surface area contributed by atoms with Gasteiger partial charge in [-0.15, -0.1) is 0 Å². The summed E-state index contributed by atoms with van der Waals surface area (Å²) in [6, 6.07) is 7.89. The fourth-order valence-electron chi connectivity index (χ4n) is 3.65. The third-order valence-electron chi connectivity index (χ3n) is 6.15. The first-order chi connectivity index (χ1) is 17.2. The Morgan fingerprint density at radius 2 is 1.89 bits per heavy atom. The predicted molar refractivity (Wildman–Crippen MR) is 134 cm³/mol. The molecule has 0 radical (unpaired) electrons. The number of nitrogens with zero attached hydrogens (tertiary/aromatic N) is 4. The lowest BCUT2D eigenvalue weighted by Gasteiger charge is -2.25. The van der Waals surface area contributed by atoms with Crippen LogP contribution in [0, 0.1) is 5.92 Å². The predicted octanol–water partition coefficient (Wildman–Crippen LogP) is 3.65. The molecule has 5 N–H and O–H groups in total. The summed E-state index contributed by atoms with van der Waals surface area (Å²) in [5, 5.41) is 24.3. The van der Waals surface area contributed by atoms with E-state index in [2.05, 4.69) is 20.8 Å². The highest BCUT2D eigenvalue weighted by atomic mass is 16.3. The molecule has 1 aromatic carbocycles. The van der Waals surface area contributed by atoms with Gasteiger partial charge in [0.1, 0.15) is 5.75 Å². The Labute approximate surface area is 208 Å². The van der Waals surface area contributed by atoms with Crippen LogP contribution in [0.25, 0.3) is 11.3 Å². The van der Waals surface area contributed by atoms with Crippen LogP contribution in [0.1, 0.15) is 57.6 Å². The van der Waals surface area contributed by atoms with Crippen molar-refractivity contribution in [3.63, 3.8) is 0 Å². The number of rotatable bonds is 5. The summed E-state index contributed by atoms with van der Waals surface area (Å²) in [7, 11) is 0. The van der Waals surface area contributed by atoms with Crippen molar-refractivity contribution in [1.29, 1.82) is 0 Å². The van der Waals surface area contributed by atoms with Gasteiger partial charge in [-0.25, -0.2) is 9.59 Å². The van der Waals surface area contributed by atoms with E-state index in [1.807, 2.05) is 19.9 Å². The maximum absolute atomic E-state index is 12.6. The number of primary amides is 1. The lowest BCUT2D eigenvalue weighted by Crippen LogP contribution is -2.33. The van der Waals surface area contributed by atoms with Crippen molar-refractivity contribution in [2.75, 3.05) is 5.32 Å². The smallest absolute Gasteiger partial charge is 0.342 e. The zero-order chi connectivity index (χ0) is 25.8. The number of aromatic hydroxyl groups is 1. The molecule has 0 unspecified atom stereocenters. The van der Waals surface area contributed by atoms with Crippen LogP contribution in [-0.2, 0) is 4.79 Å². The fourth-order valence-corrected chi connectivity index (χ4v) is 3.65. The first-order valence-corrected chi connectivity index (χ1v) is 12.1. The van der Waals surface area contributed by atoms with Crippen molar-refractivity contribution in [3.8, 4) is 17.0 Å². The Morgan fingerprint density at radius 3 is 2.42 bits per heavy atom. The van der Waals surface area contributed by atoms with E-state index in [-0.39, 0.29) is 29.6 Å². The second kappa shape index (κ2) is 10.6. The number of amides is 3. The monoisotopic (exact) mass is 493 g/mol. The zero-order valence-corrected chi connectivity index (χ0v) is 20.3. The minimum atomic E-state index is -0.560. The van der Waals surface area contributed by atoms with Crippen LogP contribution >= 0.6 is 0 Å². The fraction of sp³-hybridized carbons (Fsp3) is 0.400. The van der Waals surface area contributed by atoms with E-state index in [0.29, 0.717) is 22.9 Å². The van der Waals surface area contributed by atoms with Gasteiger partial charge in [-0.1, -0.05) is 20.3 Å². The Bertz CT molecular complexity index is 1240. The van der Waals surface area contributed by atoms with Gasteiger partial charge >= 0.3 is 12.1 Å². The molecule has 0 aliphatic heterocycles. The number of hydrogen-bond donors (Lipinski definition) is 4. The number of phenolic OH excluding ortho intramolecular Hbond substituents is 1. The third kappa shape index (κ3) is 5.91. The average Bonchev–Trinajstić information content (AvgIpc) is 3.27. The van der Waals surface area contributed by atoms with E-state index in [4.69, 9.17) is 5.73 Å². The topological polar surface area (TPSA) is 157 Å². The van der Waals surface area contributed by atoms with Gasteiger partial charge in [-0.2, -0.15) is 19.6 Å². The number of benzene rings is 1. The summed E-state index contributed by atoms with van der Waals surface area (Å²) in [6.45, 7) is 3.64. The van der Waals surface area contributed by atoms with Crippen molar-refractivity contribution in [3.05, 3.63) is 48.4 Å². The number of nitrogens with two attached hydrogens (primary N) is 1. The Kier molecular flexibility index (Phi) is 7.37. The molecular formula is C25H31N7O4. The Morgan fingerprint density at radius 1 is 1.14 bits per heavy atom. The number of carbonyl (C=O) groups is 3. The summed E-state index contributed by atoms with van der Waals surface area (Å²) in [4.78, 5) is 34.8. The molecule has 0 bridgehead atoms. The third-order valence-corrected chi connectivity index (χ3v) is 6.15. The molecule has 11 heteroatoms. The number of phenols is 1. The molecule has 2 aliphatic carbocycles. The summed E-state index contributed by atoms with van der Waals surface area (Å²) in [6.07, 6.45) is 8.23. The number of carbonyl (C=O) groups excluding carboxylic acids is 3. The lowest BCUT2D eigenvalue weighted by atomic mass is 9.82. The first-order valence-electron chi connectivity index (χ1n) is 12.1. The van der Waals surface area contributed by atoms with Gasteiger partial charge in [0.05, 0.1) is 11.4 Å². The maximum atomic E-state index is 12.6. The van der Waals surface area contributed by atoms with Crippen molar-refractivity contribution in [2.24, 2.45) is 11.7 Å². The van der Waals surface area contributed by atoms with Gasteiger partial charge in [0.2, 0.25) is 5.91 Å². The van der Waals surface area contributed by atoms with Gasteiger partial charge in [0.15, 0.2) is 0 Å². The molecule has 11 nitrogen and oxygen atoms in total. The van der Waals surface area contributed by atoms with E-state index in [1.165, 1.54) is 23.1 Å². The van der Waals surface area contributed by atoms with Crippen LogP contribution in [0.5, 0.6) is 5.75 Å². The molecule has 3 amide bonds. The average molecular weight is 494 g/mol. The maximum Gasteiger partial charge on any atom is 0.342 e. The molecule has 190 valence electrons.